The van der Waals surface area contributed by atoms with E-state index in [2.05, 4.69) is 10.2 Å². The molecule has 0 spiro atoms. The maximum absolute atomic E-state index is 13.0. The SMILES string of the molecule is CN(CCCNC(=O)c1ccccc1S(=O)(=O)N1CCCCC1)c1ccccc1. The van der Waals surface area contributed by atoms with Crippen molar-refractivity contribution in [1.29, 1.82) is 0 Å². The molecule has 2 aromatic rings. The van der Waals surface area contributed by atoms with Crippen molar-refractivity contribution in [2.24, 2.45) is 0 Å². The van der Waals surface area contributed by atoms with Crippen molar-refractivity contribution in [2.75, 3.05) is 38.1 Å². The van der Waals surface area contributed by atoms with Crippen LogP contribution in [0.4, 0.5) is 5.69 Å². The van der Waals surface area contributed by atoms with E-state index in [1.54, 1.807) is 18.2 Å². The molecule has 1 saturated heterocycles. The normalized spacial score (nSPS) is 15.1. The van der Waals surface area contributed by atoms with Crippen LogP contribution in [-0.4, -0.2) is 51.9 Å². The Morgan fingerprint density at radius 1 is 1.00 bits per heavy atom. The van der Waals surface area contributed by atoms with E-state index in [-0.39, 0.29) is 16.4 Å². The van der Waals surface area contributed by atoms with Crippen molar-refractivity contribution in [3.8, 4) is 0 Å². The molecule has 0 aliphatic carbocycles. The number of carbonyl (C=O) groups excluding carboxylic acids is 1. The summed E-state index contributed by atoms with van der Waals surface area (Å²) in [5, 5.41) is 2.87. The molecule has 0 radical (unpaired) electrons. The van der Waals surface area contributed by atoms with E-state index < -0.39 is 10.0 Å². The molecule has 0 aromatic heterocycles. The molecule has 6 nitrogen and oxygen atoms in total. The fourth-order valence-corrected chi connectivity index (χ4v) is 5.25. The summed E-state index contributed by atoms with van der Waals surface area (Å²) in [6.07, 6.45) is 3.54. The fourth-order valence-electron chi connectivity index (χ4n) is 3.55. The Morgan fingerprint density at radius 2 is 1.66 bits per heavy atom. The van der Waals surface area contributed by atoms with E-state index in [4.69, 9.17) is 0 Å². The van der Waals surface area contributed by atoms with Gasteiger partial charge in [-0.2, -0.15) is 4.31 Å². The highest BCUT2D eigenvalue weighted by atomic mass is 32.2. The van der Waals surface area contributed by atoms with Crippen LogP contribution in [0.15, 0.2) is 59.5 Å². The monoisotopic (exact) mass is 415 g/mol. The number of nitrogens with zero attached hydrogens (tertiary/aromatic N) is 2. The van der Waals surface area contributed by atoms with Crippen LogP contribution in [0.2, 0.25) is 0 Å². The molecule has 7 heteroatoms. The Morgan fingerprint density at radius 3 is 2.38 bits per heavy atom. The minimum atomic E-state index is -3.65. The van der Waals surface area contributed by atoms with Crippen LogP contribution in [0.1, 0.15) is 36.0 Å². The average molecular weight is 416 g/mol. The Bertz CT molecular complexity index is 910. The summed E-state index contributed by atoms with van der Waals surface area (Å²) in [5.41, 5.74) is 1.34. The summed E-state index contributed by atoms with van der Waals surface area (Å²) < 4.78 is 27.6. The number of amides is 1. The predicted molar refractivity (Wildman–Crippen MR) is 116 cm³/mol. The number of hydrogen-bond donors (Lipinski definition) is 1. The van der Waals surface area contributed by atoms with Gasteiger partial charge in [-0.3, -0.25) is 4.79 Å². The number of carbonyl (C=O) groups is 1. The van der Waals surface area contributed by atoms with E-state index in [9.17, 15) is 13.2 Å². The van der Waals surface area contributed by atoms with Crippen molar-refractivity contribution in [3.63, 3.8) is 0 Å². The molecule has 3 rings (SSSR count). The van der Waals surface area contributed by atoms with Gasteiger partial charge in [0.2, 0.25) is 10.0 Å². The molecule has 1 N–H and O–H groups in total. The molecule has 0 bridgehead atoms. The van der Waals surface area contributed by atoms with Crippen LogP contribution in [0.25, 0.3) is 0 Å². The molecule has 0 atom stereocenters. The number of sulfonamides is 1. The van der Waals surface area contributed by atoms with E-state index in [0.717, 1.165) is 37.9 Å². The van der Waals surface area contributed by atoms with Crippen LogP contribution < -0.4 is 10.2 Å². The molecule has 156 valence electrons. The molecular formula is C22H29N3O3S. The molecule has 2 aromatic carbocycles. The van der Waals surface area contributed by atoms with Gasteiger partial charge in [0.05, 0.1) is 10.5 Å². The summed E-state index contributed by atoms with van der Waals surface area (Å²) in [5.74, 6) is -0.344. The second-order valence-corrected chi connectivity index (χ2v) is 9.23. The van der Waals surface area contributed by atoms with Crippen LogP contribution in [0, 0.1) is 0 Å². The van der Waals surface area contributed by atoms with Gasteiger partial charge in [0, 0.05) is 38.9 Å². The number of rotatable bonds is 8. The Labute approximate surface area is 173 Å². The van der Waals surface area contributed by atoms with Crippen molar-refractivity contribution in [3.05, 3.63) is 60.2 Å². The average Bonchev–Trinajstić information content (AvgIpc) is 2.77. The lowest BCUT2D eigenvalue weighted by atomic mass is 10.2. The maximum Gasteiger partial charge on any atom is 0.252 e. The van der Waals surface area contributed by atoms with Gasteiger partial charge in [-0.15, -0.1) is 0 Å². The minimum Gasteiger partial charge on any atom is -0.375 e. The third kappa shape index (κ3) is 5.36. The van der Waals surface area contributed by atoms with E-state index in [1.807, 2.05) is 37.4 Å². The second kappa shape index (κ2) is 9.89. The molecule has 0 unspecified atom stereocenters. The van der Waals surface area contributed by atoms with Crippen LogP contribution in [0.5, 0.6) is 0 Å². The van der Waals surface area contributed by atoms with Gasteiger partial charge in [-0.25, -0.2) is 8.42 Å². The second-order valence-electron chi connectivity index (χ2n) is 7.33. The molecule has 1 fully saturated rings. The van der Waals surface area contributed by atoms with Gasteiger partial charge in [0.15, 0.2) is 0 Å². The highest BCUT2D eigenvalue weighted by molar-refractivity contribution is 7.89. The molecular weight excluding hydrogens is 386 g/mol. The van der Waals surface area contributed by atoms with E-state index in [1.165, 1.54) is 10.4 Å². The predicted octanol–water partition coefficient (Wildman–Crippen LogP) is 3.12. The van der Waals surface area contributed by atoms with Crippen LogP contribution >= 0.6 is 0 Å². The quantitative estimate of drug-likeness (QED) is 0.673. The highest BCUT2D eigenvalue weighted by Crippen LogP contribution is 2.23. The smallest absolute Gasteiger partial charge is 0.252 e. The lowest BCUT2D eigenvalue weighted by Crippen LogP contribution is -2.37. The maximum atomic E-state index is 13.0. The zero-order valence-corrected chi connectivity index (χ0v) is 17.7. The Kier molecular flexibility index (Phi) is 7.28. The zero-order valence-electron chi connectivity index (χ0n) is 16.9. The summed E-state index contributed by atoms with van der Waals surface area (Å²) in [6, 6.07) is 16.5. The standard InChI is InChI=1S/C22H29N3O3S/c1-24(19-11-4-2-5-12-19)16-10-15-23-22(26)20-13-6-7-14-21(20)29(27,28)25-17-8-3-9-18-25/h2,4-7,11-14H,3,8-10,15-18H2,1H3,(H,23,26). The van der Waals surface area contributed by atoms with Crippen molar-refractivity contribution in [2.45, 2.75) is 30.6 Å². The summed E-state index contributed by atoms with van der Waals surface area (Å²) in [7, 11) is -1.64. The number of nitrogens with one attached hydrogen (secondary N) is 1. The van der Waals surface area contributed by atoms with Gasteiger partial charge in [-0.05, 0) is 43.5 Å². The lowest BCUT2D eigenvalue weighted by Gasteiger charge is -2.26. The first kappa shape index (κ1) is 21.3. The molecule has 0 saturated carbocycles. The van der Waals surface area contributed by atoms with Gasteiger partial charge in [0.1, 0.15) is 0 Å². The largest absolute Gasteiger partial charge is 0.375 e. The molecule has 1 amide bonds. The third-order valence-corrected chi connectivity index (χ3v) is 7.17. The van der Waals surface area contributed by atoms with Crippen LogP contribution in [-0.2, 0) is 10.0 Å². The van der Waals surface area contributed by atoms with Gasteiger partial charge >= 0.3 is 0 Å². The molecule has 1 aliphatic heterocycles. The van der Waals surface area contributed by atoms with E-state index >= 15 is 0 Å². The molecule has 1 aliphatic rings. The van der Waals surface area contributed by atoms with Crippen molar-refractivity contribution in [1.82, 2.24) is 9.62 Å². The first-order chi connectivity index (χ1) is 14.0. The zero-order chi connectivity index (χ0) is 20.7. The lowest BCUT2D eigenvalue weighted by molar-refractivity contribution is 0.0950. The third-order valence-electron chi connectivity index (χ3n) is 5.22. The topological polar surface area (TPSA) is 69.7 Å². The number of piperidine rings is 1. The Hall–Kier alpha value is -2.38. The number of hydrogen-bond acceptors (Lipinski definition) is 4. The first-order valence-electron chi connectivity index (χ1n) is 10.1. The summed E-state index contributed by atoms with van der Waals surface area (Å²) in [4.78, 5) is 14.9. The molecule has 29 heavy (non-hydrogen) atoms. The van der Waals surface area contributed by atoms with Gasteiger partial charge < -0.3 is 10.2 Å². The fraction of sp³-hybridized carbons (Fsp3) is 0.409. The summed E-state index contributed by atoms with van der Waals surface area (Å²) >= 11 is 0. The number of benzene rings is 2. The van der Waals surface area contributed by atoms with E-state index in [0.29, 0.717) is 19.6 Å². The first-order valence-corrected chi connectivity index (χ1v) is 11.6. The molecule has 1 heterocycles. The van der Waals surface area contributed by atoms with Gasteiger partial charge in [0.25, 0.3) is 5.91 Å². The minimum absolute atomic E-state index is 0.0980. The van der Waals surface area contributed by atoms with Crippen LogP contribution in [0.3, 0.4) is 0 Å². The summed E-state index contributed by atoms with van der Waals surface area (Å²) in [6.45, 7) is 2.31. The number of para-hydroxylation sites is 1. The number of anilines is 1. The van der Waals surface area contributed by atoms with Crippen molar-refractivity contribution < 1.29 is 13.2 Å². The highest BCUT2D eigenvalue weighted by Gasteiger charge is 2.29. The van der Waals surface area contributed by atoms with Gasteiger partial charge in [-0.1, -0.05) is 36.8 Å². The van der Waals surface area contributed by atoms with Crippen molar-refractivity contribution >= 4 is 21.6 Å². The Balaban J connectivity index is 1.60.